The summed E-state index contributed by atoms with van der Waals surface area (Å²) in [6, 6.07) is 5.39. The van der Waals surface area contributed by atoms with Gasteiger partial charge >= 0.3 is 6.18 Å². The van der Waals surface area contributed by atoms with Gasteiger partial charge < -0.3 is 16.0 Å². The van der Waals surface area contributed by atoms with E-state index in [2.05, 4.69) is 24.7 Å². The molecule has 0 unspecified atom stereocenters. The fraction of sp³-hybridized carbons (Fsp3) is 0.188. The van der Waals surface area contributed by atoms with Crippen LogP contribution in [-0.4, -0.2) is 33.0 Å². The lowest BCUT2D eigenvalue weighted by molar-refractivity contribution is -0.0921. The van der Waals surface area contributed by atoms with Gasteiger partial charge in [-0.1, -0.05) is 12.1 Å². The van der Waals surface area contributed by atoms with Crippen LogP contribution in [0.1, 0.15) is 11.4 Å². The van der Waals surface area contributed by atoms with Gasteiger partial charge in [-0.3, -0.25) is 0 Å². The number of halogens is 3. The maximum atomic E-state index is 13.4. The van der Waals surface area contributed by atoms with Gasteiger partial charge in [0, 0.05) is 28.2 Å². The summed E-state index contributed by atoms with van der Waals surface area (Å²) < 4.78 is 44.2. The fourth-order valence-electron chi connectivity index (χ4n) is 2.82. The van der Waals surface area contributed by atoms with E-state index in [1.807, 2.05) is 12.1 Å². The molecule has 3 heterocycles. The minimum absolute atomic E-state index is 0.0386. The highest BCUT2D eigenvalue weighted by atomic mass is 32.1. The van der Waals surface area contributed by atoms with Crippen LogP contribution in [0.2, 0.25) is 0 Å². The molecule has 2 aromatic heterocycles. The summed E-state index contributed by atoms with van der Waals surface area (Å²) >= 11 is 1.27. The molecule has 3 aromatic rings. The number of rotatable bonds is 2. The summed E-state index contributed by atoms with van der Waals surface area (Å²) in [5.74, 6) is 0.639. The maximum Gasteiger partial charge on any atom is 0.416 e. The van der Waals surface area contributed by atoms with Crippen molar-refractivity contribution < 1.29 is 13.2 Å². The lowest BCUT2D eigenvalue weighted by Gasteiger charge is -2.20. The zero-order valence-electron chi connectivity index (χ0n) is 13.5. The predicted molar refractivity (Wildman–Crippen MR) is 94.5 cm³/mol. The van der Waals surface area contributed by atoms with Crippen LogP contribution in [0.4, 0.5) is 13.2 Å². The number of hydrogen-bond acceptors (Lipinski definition) is 6. The monoisotopic (exact) mass is 378 g/mol. The van der Waals surface area contributed by atoms with Crippen molar-refractivity contribution in [1.29, 1.82) is 0 Å². The van der Waals surface area contributed by atoms with Crippen molar-refractivity contribution in [2.24, 2.45) is 10.7 Å². The summed E-state index contributed by atoms with van der Waals surface area (Å²) in [5, 5.41) is 3.82. The molecule has 0 aliphatic carbocycles. The number of nitrogens with zero attached hydrogens (tertiary/aromatic N) is 3. The van der Waals surface area contributed by atoms with Crippen LogP contribution in [0.25, 0.3) is 27.2 Å². The Morgan fingerprint density at radius 3 is 2.77 bits per heavy atom. The number of aliphatic imine (C=N–C) groups is 1. The Bertz CT molecular complexity index is 1060. The SMILES string of the molecule is Cc1nsc(-c2ccc3c(C4=C(C(F)(F)F)CNC(N)=N4)c[nH]c3c2)n1. The quantitative estimate of drug-likeness (QED) is 0.639. The number of fused-ring (bicyclic) bond motifs is 1. The maximum absolute atomic E-state index is 13.4. The van der Waals surface area contributed by atoms with Crippen LogP contribution in [0, 0.1) is 6.92 Å². The largest absolute Gasteiger partial charge is 0.416 e. The second kappa shape index (κ2) is 5.84. The number of aryl methyl sites for hydroxylation is 1. The van der Waals surface area contributed by atoms with Gasteiger partial charge in [-0.2, -0.15) is 17.5 Å². The number of benzene rings is 1. The van der Waals surface area contributed by atoms with Crippen LogP contribution in [0.5, 0.6) is 0 Å². The molecule has 0 spiro atoms. The molecule has 0 fully saturated rings. The fourth-order valence-corrected chi connectivity index (χ4v) is 3.48. The number of nitrogens with one attached hydrogen (secondary N) is 2. The highest BCUT2D eigenvalue weighted by Crippen LogP contribution is 2.37. The third kappa shape index (κ3) is 2.81. The van der Waals surface area contributed by atoms with Gasteiger partial charge in [-0.25, -0.2) is 9.98 Å². The van der Waals surface area contributed by atoms with Crippen LogP contribution in [0.3, 0.4) is 0 Å². The second-order valence-electron chi connectivity index (χ2n) is 5.78. The molecule has 134 valence electrons. The van der Waals surface area contributed by atoms with Gasteiger partial charge in [0.15, 0.2) is 5.96 Å². The summed E-state index contributed by atoms with van der Waals surface area (Å²) in [7, 11) is 0. The van der Waals surface area contributed by atoms with E-state index in [9.17, 15) is 13.2 Å². The predicted octanol–water partition coefficient (Wildman–Crippen LogP) is 3.19. The summed E-state index contributed by atoms with van der Waals surface area (Å²) in [5.41, 5.74) is 6.56. The van der Waals surface area contributed by atoms with E-state index in [0.717, 1.165) is 10.6 Å². The van der Waals surface area contributed by atoms with Crippen molar-refractivity contribution >= 4 is 34.1 Å². The van der Waals surface area contributed by atoms with Crippen molar-refractivity contribution in [3.05, 3.63) is 41.4 Å². The lowest BCUT2D eigenvalue weighted by Crippen LogP contribution is -2.39. The number of hydrogen-bond donors (Lipinski definition) is 3. The minimum atomic E-state index is -4.50. The zero-order chi connectivity index (χ0) is 18.5. The average molecular weight is 378 g/mol. The van der Waals surface area contributed by atoms with Crippen LogP contribution in [0.15, 0.2) is 35.0 Å². The molecule has 4 N–H and O–H groups in total. The van der Waals surface area contributed by atoms with Crippen LogP contribution >= 0.6 is 11.5 Å². The van der Waals surface area contributed by atoms with Crippen molar-refractivity contribution in [2.75, 3.05) is 6.54 Å². The second-order valence-corrected chi connectivity index (χ2v) is 6.54. The Morgan fingerprint density at radius 2 is 2.08 bits per heavy atom. The van der Waals surface area contributed by atoms with Crippen molar-refractivity contribution in [1.82, 2.24) is 19.7 Å². The number of aromatic amines is 1. The van der Waals surface area contributed by atoms with Crippen molar-refractivity contribution in [3.63, 3.8) is 0 Å². The van der Waals surface area contributed by atoms with Gasteiger partial charge in [0.1, 0.15) is 10.8 Å². The molecule has 0 saturated heterocycles. The molecule has 6 nitrogen and oxygen atoms in total. The van der Waals surface area contributed by atoms with E-state index in [0.29, 0.717) is 22.3 Å². The summed E-state index contributed by atoms with van der Waals surface area (Å²) in [6.07, 6.45) is -2.98. The van der Waals surface area contributed by atoms with Crippen LogP contribution in [-0.2, 0) is 0 Å². The smallest absolute Gasteiger partial charge is 0.370 e. The normalized spacial score (nSPS) is 15.3. The first-order valence-electron chi connectivity index (χ1n) is 7.63. The van der Waals surface area contributed by atoms with Gasteiger partial charge in [0.05, 0.1) is 17.8 Å². The molecule has 0 radical (unpaired) electrons. The standard InChI is InChI=1S/C16H13F3N6S/c1-7-23-14(26-25-7)8-2-3-9-10(5-21-12(9)4-8)13-11(16(17,18)19)6-22-15(20)24-13/h2-5,21H,6H2,1H3,(H3,20,22,24). The average Bonchev–Trinajstić information content (AvgIpc) is 3.19. The Kier molecular flexibility index (Phi) is 3.72. The Hall–Kier alpha value is -2.88. The van der Waals surface area contributed by atoms with Crippen molar-refractivity contribution in [3.8, 4) is 10.6 Å². The molecule has 1 aliphatic rings. The number of H-pyrrole nitrogens is 1. The minimum Gasteiger partial charge on any atom is -0.370 e. The molecule has 0 saturated carbocycles. The molecule has 4 rings (SSSR count). The van der Waals surface area contributed by atoms with Gasteiger partial charge in [0.25, 0.3) is 0 Å². The summed E-state index contributed by atoms with van der Waals surface area (Å²) in [6.45, 7) is 1.39. The summed E-state index contributed by atoms with van der Waals surface area (Å²) in [4.78, 5) is 11.3. The first kappa shape index (κ1) is 16.6. The highest BCUT2D eigenvalue weighted by Gasteiger charge is 2.38. The number of aromatic nitrogens is 3. The number of alkyl halides is 3. The van der Waals surface area contributed by atoms with E-state index in [1.165, 1.54) is 17.7 Å². The molecule has 1 aliphatic heterocycles. The van der Waals surface area contributed by atoms with Crippen LogP contribution < -0.4 is 11.1 Å². The zero-order valence-corrected chi connectivity index (χ0v) is 14.3. The molecular weight excluding hydrogens is 365 g/mol. The lowest BCUT2D eigenvalue weighted by atomic mass is 10.0. The first-order valence-corrected chi connectivity index (χ1v) is 8.41. The number of nitrogens with two attached hydrogens (primary N) is 1. The van der Waals surface area contributed by atoms with E-state index < -0.39 is 18.3 Å². The molecule has 0 amide bonds. The van der Waals surface area contributed by atoms with E-state index >= 15 is 0 Å². The molecular formula is C16H13F3N6S. The highest BCUT2D eigenvalue weighted by molar-refractivity contribution is 7.09. The van der Waals surface area contributed by atoms with Gasteiger partial charge in [-0.05, 0) is 24.5 Å². The van der Waals surface area contributed by atoms with E-state index in [-0.39, 0.29) is 11.7 Å². The Morgan fingerprint density at radius 1 is 1.27 bits per heavy atom. The van der Waals surface area contributed by atoms with Crippen molar-refractivity contribution in [2.45, 2.75) is 13.1 Å². The molecule has 10 heteroatoms. The Labute approximate surface area is 149 Å². The molecule has 26 heavy (non-hydrogen) atoms. The Balaban J connectivity index is 1.86. The van der Waals surface area contributed by atoms with Gasteiger partial charge in [-0.15, -0.1) is 0 Å². The van der Waals surface area contributed by atoms with E-state index in [4.69, 9.17) is 5.73 Å². The third-order valence-corrected chi connectivity index (χ3v) is 4.87. The van der Waals surface area contributed by atoms with Gasteiger partial charge in [0.2, 0.25) is 0 Å². The molecule has 1 aromatic carbocycles. The van der Waals surface area contributed by atoms with E-state index in [1.54, 1.807) is 13.0 Å². The molecule has 0 bridgehead atoms. The first-order chi connectivity index (χ1) is 12.3. The topological polar surface area (TPSA) is 92.0 Å². The third-order valence-electron chi connectivity index (χ3n) is 4.02. The molecule has 0 atom stereocenters. The number of guanidine groups is 1.